The molecule has 0 unspecified atom stereocenters. The topological polar surface area (TPSA) is 46.5 Å². The average molecular weight is 248 g/mol. The van der Waals surface area contributed by atoms with E-state index in [9.17, 15) is 9.18 Å². The first-order valence-corrected chi connectivity index (χ1v) is 5.60. The fourth-order valence-electron chi connectivity index (χ4n) is 1.77. The van der Waals surface area contributed by atoms with Gasteiger partial charge in [-0.1, -0.05) is 6.07 Å². The SMILES string of the molecule is CC(C)Oc1cc(C(=O)O)cc2ccc(F)cc12. The van der Waals surface area contributed by atoms with Gasteiger partial charge in [0.15, 0.2) is 0 Å². The van der Waals surface area contributed by atoms with Crippen molar-refractivity contribution in [3.05, 3.63) is 41.7 Å². The van der Waals surface area contributed by atoms with Crippen LogP contribution in [0.15, 0.2) is 30.3 Å². The van der Waals surface area contributed by atoms with Gasteiger partial charge < -0.3 is 9.84 Å². The average Bonchev–Trinajstić information content (AvgIpc) is 2.28. The third-order valence-corrected chi connectivity index (χ3v) is 2.49. The number of aromatic carboxylic acids is 1. The van der Waals surface area contributed by atoms with Crippen LogP contribution in [0.4, 0.5) is 4.39 Å². The van der Waals surface area contributed by atoms with Crippen LogP contribution in [0.2, 0.25) is 0 Å². The molecule has 2 aromatic carbocycles. The highest BCUT2D eigenvalue weighted by Crippen LogP contribution is 2.29. The monoisotopic (exact) mass is 248 g/mol. The molecular weight excluding hydrogens is 235 g/mol. The van der Waals surface area contributed by atoms with Crippen LogP contribution in [-0.2, 0) is 0 Å². The summed E-state index contributed by atoms with van der Waals surface area (Å²) in [7, 11) is 0. The second-order valence-electron chi connectivity index (χ2n) is 4.31. The highest BCUT2D eigenvalue weighted by atomic mass is 19.1. The van der Waals surface area contributed by atoms with Gasteiger partial charge in [-0.25, -0.2) is 9.18 Å². The van der Waals surface area contributed by atoms with Crippen molar-refractivity contribution in [3.63, 3.8) is 0 Å². The lowest BCUT2D eigenvalue weighted by Crippen LogP contribution is -2.07. The van der Waals surface area contributed by atoms with Crippen molar-refractivity contribution in [2.75, 3.05) is 0 Å². The molecule has 94 valence electrons. The molecular formula is C14H13FO3. The van der Waals surface area contributed by atoms with E-state index in [1.807, 2.05) is 13.8 Å². The van der Waals surface area contributed by atoms with Gasteiger partial charge in [-0.2, -0.15) is 0 Å². The molecule has 0 atom stereocenters. The zero-order chi connectivity index (χ0) is 13.3. The number of fused-ring (bicyclic) bond motifs is 1. The molecule has 0 heterocycles. The smallest absolute Gasteiger partial charge is 0.335 e. The lowest BCUT2D eigenvalue weighted by atomic mass is 10.1. The van der Waals surface area contributed by atoms with E-state index in [1.165, 1.54) is 24.3 Å². The molecule has 2 rings (SSSR count). The van der Waals surface area contributed by atoms with E-state index in [0.29, 0.717) is 16.5 Å². The molecule has 0 spiro atoms. The fourth-order valence-corrected chi connectivity index (χ4v) is 1.77. The Morgan fingerprint density at radius 2 is 2.00 bits per heavy atom. The number of carboxylic acid groups (broad SMARTS) is 1. The van der Waals surface area contributed by atoms with Crippen LogP contribution in [0, 0.1) is 5.82 Å². The number of hydrogen-bond acceptors (Lipinski definition) is 2. The van der Waals surface area contributed by atoms with Gasteiger partial charge in [-0.3, -0.25) is 0 Å². The summed E-state index contributed by atoms with van der Waals surface area (Å²) >= 11 is 0. The van der Waals surface area contributed by atoms with Crippen molar-refractivity contribution in [2.45, 2.75) is 20.0 Å². The molecule has 0 aliphatic carbocycles. The highest BCUT2D eigenvalue weighted by molar-refractivity contribution is 5.97. The first-order valence-electron chi connectivity index (χ1n) is 5.60. The molecule has 3 nitrogen and oxygen atoms in total. The highest BCUT2D eigenvalue weighted by Gasteiger charge is 2.11. The van der Waals surface area contributed by atoms with E-state index in [-0.39, 0.29) is 17.5 Å². The normalized spacial score (nSPS) is 10.9. The molecule has 0 saturated carbocycles. The van der Waals surface area contributed by atoms with Crippen molar-refractivity contribution in [1.82, 2.24) is 0 Å². The van der Waals surface area contributed by atoms with Crippen LogP contribution in [-0.4, -0.2) is 17.2 Å². The Morgan fingerprint density at radius 3 is 2.61 bits per heavy atom. The predicted molar refractivity (Wildman–Crippen MR) is 66.6 cm³/mol. The van der Waals surface area contributed by atoms with Crippen LogP contribution in [0.1, 0.15) is 24.2 Å². The van der Waals surface area contributed by atoms with Gasteiger partial charge in [0.1, 0.15) is 11.6 Å². The number of ether oxygens (including phenoxy) is 1. The van der Waals surface area contributed by atoms with E-state index < -0.39 is 5.97 Å². The Kier molecular flexibility index (Phi) is 3.19. The Labute approximate surface area is 104 Å². The van der Waals surface area contributed by atoms with E-state index in [0.717, 1.165) is 0 Å². The number of hydrogen-bond donors (Lipinski definition) is 1. The van der Waals surface area contributed by atoms with Gasteiger partial charge in [0.05, 0.1) is 11.7 Å². The predicted octanol–water partition coefficient (Wildman–Crippen LogP) is 3.46. The Morgan fingerprint density at radius 1 is 1.28 bits per heavy atom. The first kappa shape index (κ1) is 12.4. The lowest BCUT2D eigenvalue weighted by Gasteiger charge is -2.13. The third kappa shape index (κ3) is 2.42. The Balaban J connectivity index is 2.68. The Bertz CT molecular complexity index is 605. The fraction of sp³-hybridized carbons (Fsp3) is 0.214. The zero-order valence-corrected chi connectivity index (χ0v) is 10.1. The molecule has 1 N–H and O–H groups in total. The molecule has 0 amide bonds. The maximum absolute atomic E-state index is 13.2. The summed E-state index contributed by atoms with van der Waals surface area (Å²) in [5.74, 6) is -1.02. The molecule has 0 bridgehead atoms. The van der Waals surface area contributed by atoms with Crippen molar-refractivity contribution in [3.8, 4) is 5.75 Å². The summed E-state index contributed by atoms with van der Waals surface area (Å²) < 4.78 is 18.8. The maximum Gasteiger partial charge on any atom is 0.335 e. The first-order chi connectivity index (χ1) is 8.47. The minimum absolute atomic E-state index is 0.111. The summed E-state index contributed by atoms with van der Waals surface area (Å²) in [6.07, 6.45) is -0.111. The van der Waals surface area contributed by atoms with E-state index >= 15 is 0 Å². The van der Waals surface area contributed by atoms with Crippen LogP contribution >= 0.6 is 0 Å². The third-order valence-electron chi connectivity index (χ3n) is 2.49. The molecule has 18 heavy (non-hydrogen) atoms. The van der Waals surface area contributed by atoms with E-state index in [2.05, 4.69) is 0 Å². The second kappa shape index (κ2) is 4.64. The number of halogens is 1. The van der Waals surface area contributed by atoms with Crippen molar-refractivity contribution < 1.29 is 19.0 Å². The van der Waals surface area contributed by atoms with Gasteiger partial charge in [0.25, 0.3) is 0 Å². The van der Waals surface area contributed by atoms with Crippen molar-refractivity contribution in [2.24, 2.45) is 0 Å². The molecule has 0 aliphatic heterocycles. The van der Waals surface area contributed by atoms with Gasteiger partial charge in [-0.15, -0.1) is 0 Å². The van der Waals surface area contributed by atoms with Crippen LogP contribution in [0.3, 0.4) is 0 Å². The maximum atomic E-state index is 13.2. The van der Waals surface area contributed by atoms with Gasteiger partial charge in [0, 0.05) is 5.39 Å². The van der Waals surface area contributed by atoms with E-state index in [4.69, 9.17) is 9.84 Å². The molecule has 0 fully saturated rings. The minimum atomic E-state index is -1.03. The van der Waals surface area contributed by atoms with Crippen LogP contribution in [0.5, 0.6) is 5.75 Å². The molecule has 0 aliphatic rings. The molecule has 0 radical (unpaired) electrons. The molecule has 4 heteroatoms. The largest absolute Gasteiger partial charge is 0.490 e. The van der Waals surface area contributed by atoms with Gasteiger partial charge >= 0.3 is 5.97 Å². The summed E-state index contributed by atoms with van der Waals surface area (Å²) in [6, 6.07) is 7.12. The van der Waals surface area contributed by atoms with Crippen LogP contribution < -0.4 is 4.74 Å². The molecule has 0 aromatic heterocycles. The number of benzene rings is 2. The van der Waals surface area contributed by atoms with Crippen molar-refractivity contribution >= 4 is 16.7 Å². The lowest BCUT2D eigenvalue weighted by molar-refractivity contribution is 0.0696. The van der Waals surface area contributed by atoms with Crippen molar-refractivity contribution in [1.29, 1.82) is 0 Å². The number of rotatable bonds is 3. The van der Waals surface area contributed by atoms with E-state index in [1.54, 1.807) is 6.07 Å². The molecule has 0 saturated heterocycles. The zero-order valence-electron chi connectivity index (χ0n) is 10.1. The number of carbonyl (C=O) groups is 1. The minimum Gasteiger partial charge on any atom is -0.490 e. The molecule has 2 aromatic rings. The Hall–Kier alpha value is -2.10. The van der Waals surface area contributed by atoms with Crippen LogP contribution in [0.25, 0.3) is 10.8 Å². The summed E-state index contributed by atoms with van der Waals surface area (Å²) in [6.45, 7) is 3.66. The summed E-state index contributed by atoms with van der Waals surface area (Å²) in [5.41, 5.74) is 0.129. The van der Waals surface area contributed by atoms with Gasteiger partial charge in [-0.05, 0) is 43.5 Å². The standard InChI is InChI=1S/C14H13FO3/c1-8(2)18-13-6-10(14(16)17)5-9-3-4-11(15)7-12(9)13/h3-8H,1-2H3,(H,16,17). The quantitative estimate of drug-likeness (QED) is 0.904. The number of carboxylic acids is 1. The second-order valence-corrected chi connectivity index (χ2v) is 4.31. The summed E-state index contributed by atoms with van der Waals surface area (Å²) in [5, 5.41) is 10.3. The van der Waals surface area contributed by atoms with Gasteiger partial charge in [0.2, 0.25) is 0 Å². The summed E-state index contributed by atoms with van der Waals surface area (Å²) in [4.78, 5) is 11.0.